The van der Waals surface area contributed by atoms with Crippen molar-refractivity contribution in [1.82, 2.24) is 4.90 Å². The molecule has 1 saturated carbocycles. The number of methoxy groups -OCH3 is 1. The molecule has 29 heavy (non-hydrogen) atoms. The lowest BCUT2D eigenvalue weighted by atomic mass is 9.83. The smallest absolute Gasteiger partial charge is 0.410 e. The Morgan fingerprint density at radius 2 is 1.79 bits per heavy atom. The first-order valence-corrected chi connectivity index (χ1v) is 10.6. The highest BCUT2D eigenvalue weighted by molar-refractivity contribution is 5.89. The van der Waals surface area contributed by atoms with E-state index >= 15 is 0 Å². The first-order valence-electron chi connectivity index (χ1n) is 10.6. The van der Waals surface area contributed by atoms with Crippen molar-refractivity contribution >= 4 is 12.1 Å². The number of nitrogens with zero attached hydrogens (tertiary/aromatic N) is 1. The van der Waals surface area contributed by atoms with Crippen molar-refractivity contribution in [3.8, 4) is 5.75 Å². The van der Waals surface area contributed by atoms with Crippen LogP contribution in [0, 0.1) is 0 Å². The van der Waals surface area contributed by atoms with Crippen LogP contribution in [0.1, 0.15) is 81.1 Å². The molecule has 6 heteroatoms. The molecule has 0 unspecified atom stereocenters. The van der Waals surface area contributed by atoms with Crippen LogP contribution in [0.2, 0.25) is 0 Å². The molecule has 2 aliphatic rings. The maximum absolute atomic E-state index is 12.3. The zero-order valence-electron chi connectivity index (χ0n) is 18.0. The molecule has 6 nitrogen and oxygen atoms in total. The van der Waals surface area contributed by atoms with Crippen LogP contribution in [0.4, 0.5) is 4.79 Å². The highest BCUT2D eigenvalue weighted by Gasteiger charge is 2.32. The summed E-state index contributed by atoms with van der Waals surface area (Å²) < 4.78 is 16.7. The highest BCUT2D eigenvalue weighted by atomic mass is 16.6. The van der Waals surface area contributed by atoms with Crippen LogP contribution in [-0.4, -0.2) is 48.9 Å². The predicted octanol–water partition coefficient (Wildman–Crippen LogP) is 4.91. The normalized spacial score (nSPS) is 20.4. The molecule has 0 radical (unpaired) electrons. The molecule has 1 saturated heterocycles. The Bertz CT molecular complexity index is 733. The molecule has 1 aromatic carbocycles. The fourth-order valence-electron chi connectivity index (χ4n) is 4.13. The Kier molecular flexibility index (Phi) is 6.70. The number of ether oxygens (including phenoxy) is 3. The summed E-state index contributed by atoms with van der Waals surface area (Å²) in [5, 5.41) is 0. The molecule has 0 aromatic heterocycles. The Balaban J connectivity index is 1.73. The summed E-state index contributed by atoms with van der Waals surface area (Å²) >= 11 is 0. The van der Waals surface area contributed by atoms with Crippen molar-refractivity contribution in [3.05, 3.63) is 29.3 Å². The number of rotatable bonds is 4. The second-order valence-corrected chi connectivity index (χ2v) is 9.03. The van der Waals surface area contributed by atoms with E-state index in [-0.39, 0.29) is 18.2 Å². The number of hydrogen-bond donors (Lipinski definition) is 0. The number of carbonyl (C=O) groups excluding carboxylic acids is 2. The molecule has 0 spiro atoms. The van der Waals surface area contributed by atoms with Gasteiger partial charge in [-0.1, -0.05) is 19.3 Å². The van der Waals surface area contributed by atoms with Crippen molar-refractivity contribution in [2.24, 2.45) is 0 Å². The van der Waals surface area contributed by atoms with Gasteiger partial charge in [0.1, 0.15) is 17.5 Å². The number of amides is 1. The summed E-state index contributed by atoms with van der Waals surface area (Å²) in [7, 11) is 1.40. The van der Waals surface area contributed by atoms with E-state index in [4.69, 9.17) is 14.2 Å². The average Bonchev–Trinajstić information content (AvgIpc) is 3.16. The number of esters is 1. The number of carbonyl (C=O) groups is 2. The van der Waals surface area contributed by atoms with Crippen LogP contribution in [-0.2, 0) is 9.47 Å². The third kappa shape index (κ3) is 5.64. The summed E-state index contributed by atoms with van der Waals surface area (Å²) in [5.74, 6) is 0.887. The van der Waals surface area contributed by atoms with Crippen molar-refractivity contribution in [3.63, 3.8) is 0 Å². The molecule has 2 fully saturated rings. The molecule has 1 aromatic rings. The Morgan fingerprint density at radius 1 is 1.07 bits per heavy atom. The van der Waals surface area contributed by atoms with Gasteiger partial charge in [0.2, 0.25) is 0 Å². The lowest BCUT2D eigenvalue weighted by Gasteiger charge is -2.26. The first-order chi connectivity index (χ1) is 13.8. The number of hydrogen-bond acceptors (Lipinski definition) is 5. The van der Waals surface area contributed by atoms with E-state index in [1.807, 2.05) is 32.9 Å². The van der Waals surface area contributed by atoms with Crippen LogP contribution < -0.4 is 4.74 Å². The summed E-state index contributed by atoms with van der Waals surface area (Å²) in [6.07, 6.45) is 6.26. The monoisotopic (exact) mass is 403 g/mol. The quantitative estimate of drug-likeness (QED) is 0.669. The topological polar surface area (TPSA) is 65.1 Å². The Labute approximate surface area is 173 Å². The molecule has 1 atom stereocenters. The molecule has 3 rings (SSSR count). The third-order valence-corrected chi connectivity index (χ3v) is 5.57. The summed E-state index contributed by atoms with van der Waals surface area (Å²) in [6.45, 7) is 6.74. The van der Waals surface area contributed by atoms with E-state index < -0.39 is 5.60 Å². The van der Waals surface area contributed by atoms with Gasteiger partial charge in [-0.3, -0.25) is 0 Å². The molecular formula is C23H33NO5. The van der Waals surface area contributed by atoms with Gasteiger partial charge in [-0.15, -0.1) is 0 Å². The SMILES string of the molecule is COC(=O)c1ccc(O[C@H]2CCN(C(=O)OC(C)(C)C)C2)c(C2CCCCC2)c1. The van der Waals surface area contributed by atoms with Gasteiger partial charge >= 0.3 is 12.1 Å². The largest absolute Gasteiger partial charge is 0.488 e. The van der Waals surface area contributed by atoms with Crippen LogP contribution in [0.25, 0.3) is 0 Å². The molecule has 1 heterocycles. The van der Waals surface area contributed by atoms with Gasteiger partial charge in [-0.05, 0) is 63.3 Å². The fraction of sp³-hybridized carbons (Fsp3) is 0.652. The Morgan fingerprint density at radius 3 is 2.45 bits per heavy atom. The minimum Gasteiger partial charge on any atom is -0.488 e. The summed E-state index contributed by atoms with van der Waals surface area (Å²) in [4.78, 5) is 26.0. The third-order valence-electron chi connectivity index (χ3n) is 5.57. The van der Waals surface area contributed by atoms with Gasteiger partial charge in [0.15, 0.2) is 0 Å². The number of benzene rings is 1. The first kappa shape index (κ1) is 21.5. The van der Waals surface area contributed by atoms with E-state index in [9.17, 15) is 9.59 Å². The van der Waals surface area contributed by atoms with Crippen molar-refractivity contribution in [2.75, 3.05) is 20.2 Å². The minimum atomic E-state index is -0.506. The van der Waals surface area contributed by atoms with Gasteiger partial charge in [0.05, 0.1) is 19.2 Å². The van der Waals surface area contributed by atoms with Crippen LogP contribution in [0.15, 0.2) is 18.2 Å². The van der Waals surface area contributed by atoms with Crippen LogP contribution in [0.5, 0.6) is 5.75 Å². The number of likely N-dealkylation sites (tertiary alicyclic amines) is 1. The molecule has 0 N–H and O–H groups in total. The standard InChI is InChI=1S/C23H33NO5/c1-23(2,3)29-22(26)24-13-12-18(15-24)28-20-11-10-17(21(25)27-4)14-19(20)16-8-6-5-7-9-16/h10-11,14,16,18H,5-9,12-13,15H2,1-4H3/t18-/m0/s1. The maximum Gasteiger partial charge on any atom is 0.410 e. The van der Waals surface area contributed by atoms with Crippen LogP contribution >= 0.6 is 0 Å². The van der Waals surface area contributed by atoms with E-state index in [2.05, 4.69) is 0 Å². The van der Waals surface area contributed by atoms with Gasteiger partial charge in [0.25, 0.3) is 0 Å². The van der Waals surface area contributed by atoms with E-state index in [1.54, 1.807) is 11.0 Å². The van der Waals surface area contributed by atoms with Gasteiger partial charge < -0.3 is 19.1 Å². The zero-order chi connectivity index (χ0) is 21.0. The van der Waals surface area contributed by atoms with Crippen molar-refractivity contribution in [2.45, 2.75) is 76.9 Å². The second-order valence-electron chi connectivity index (χ2n) is 9.03. The van der Waals surface area contributed by atoms with Gasteiger partial charge in [0, 0.05) is 13.0 Å². The van der Waals surface area contributed by atoms with E-state index in [1.165, 1.54) is 26.4 Å². The average molecular weight is 404 g/mol. The van der Waals surface area contributed by atoms with Crippen molar-refractivity contribution in [1.29, 1.82) is 0 Å². The predicted molar refractivity (Wildman–Crippen MR) is 110 cm³/mol. The second kappa shape index (κ2) is 9.06. The summed E-state index contributed by atoms with van der Waals surface area (Å²) in [6, 6.07) is 5.57. The molecule has 160 valence electrons. The van der Waals surface area contributed by atoms with E-state index in [0.29, 0.717) is 24.6 Å². The molecular weight excluding hydrogens is 370 g/mol. The zero-order valence-corrected chi connectivity index (χ0v) is 18.0. The lowest BCUT2D eigenvalue weighted by molar-refractivity contribution is 0.0275. The molecule has 0 bridgehead atoms. The molecule has 1 aliphatic heterocycles. The van der Waals surface area contributed by atoms with Gasteiger partial charge in [-0.2, -0.15) is 0 Å². The minimum absolute atomic E-state index is 0.0752. The van der Waals surface area contributed by atoms with Crippen molar-refractivity contribution < 1.29 is 23.8 Å². The fourth-order valence-corrected chi connectivity index (χ4v) is 4.13. The summed E-state index contributed by atoms with van der Waals surface area (Å²) in [5.41, 5.74) is 1.14. The lowest BCUT2D eigenvalue weighted by Crippen LogP contribution is -2.36. The van der Waals surface area contributed by atoms with Crippen LogP contribution in [0.3, 0.4) is 0 Å². The molecule has 1 amide bonds. The van der Waals surface area contributed by atoms with E-state index in [0.717, 1.165) is 30.6 Å². The molecule has 1 aliphatic carbocycles. The van der Waals surface area contributed by atoms with Gasteiger partial charge in [-0.25, -0.2) is 9.59 Å². The maximum atomic E-state index is 12.3. The Hall–Kier alpha value is -2.24. The highest BCUT2D eigenvalue weighted by Crippen LogP contribution is 2.39.